The lowest BCUT2D eigenvalue weighted by atomic mass is 9.99. The van der Waals surface area contributed by atoms with E-state index in [0.29, 0.717) is 22.1 Å². The van der Waals surface area contributed by atoms with Gasteiger partial charge < -0.3 is 19.3 Å². The third-order valence-electron chi connectivity index (χ3n) is 5.37. The van der Waals surface area contributed by atoms with E-state index in [1.165, 1.54) is 11.8 Å². The van der Waals surface area contributed by atoms with Gasteiger partial charge >= 0.3 is 11.6 Å². The molecule has 32 heavy (non-hydrogen) atoms. The fourth-order valence-corrected chi connectivity index (χ4v) is 4.26. The lowest BCUT2D eigenvalue weighted by Gasteiger charge is -2.14. The molecule has 2 N–H and O–H groups in total. The van der Waals surface area contributed by atoms with Crippen LogP contribution >= 0.6 is 11.8 Å². The van der Waals surface area contributed by atoms with Gasteiger partial charge in [-0.15, -0.1) is 0 Å². The van der Waals surface area contributed by atoms with Crippen LogP contribution in [0.3, 0.4) is 0 Å². The van der Waals surface area contributed by atoms with Crippen molar-refractivity contribution in [3.8, 4) is 11.1 Å². The second kappa shape index (κ2) is 8.92. The normalized spacial score (nSPS) is 12.2. The number of hydrogen-bond acceptors (Lipinski definition) is 6. The number of aryl methyl sites for hydroxylation is 1. The Morgan fingerprint density at radius 3 is 2.56 bits per heavy atom. The van der Waals surface area contributed by atoms with Crippen LogP contribution in [-0.4, -0.2) is 35.0 Å². The second-order valence-corrected chi connectivity index (χ2v) is 8.35. The molecule has 164 valence electrons. The van der Waals surface area contributed by atoms with E-state index in [1.807, 2.05) is 36.4 Å². The van der Waals surface area contributed by atoms with Crippen molar-refractivity contribution in [2.45, 2.75) is 19.4 Å². The van der Waals surface area contributed by atoms with Crippen LogP contribution in [0.4, 0.5) is 0 Å². The molecule has 2 aromatic heterocycles. The third-order valence-corrected chi connectivity index (χ3v) is 6.04. The van der Waals surface area contributed by atoms with Gasteiger partial charge in [-0.3, -0.25) is 4.79 Å². The van der Waals surface area contributed by atoms with E-state index >= 15 is 0 Å². The minimum atomic E-state index is -1.12. The Bertz CT molecular complexity index is 1370. The predicted octanol–water partition coefficient (Wildman–Crippen LogP) is 3.99. The number of carbonyl (C=O) groups is 2. The average Bonchev–Trinajstić information content (AvgIpc) is 3.18. The molecule has 0 spiro atoms. The molecule has 0 bridgehead atoms. The van der Waals surface area contributed by atoms with Crippen molar-refractivity contribution in [2.24, 2.45) is 0 Å². The van der Waals surface area contributed by atoms with Crippen LogP contribution in [0.2, 0.25) is 0 Å². The predicted molar refractivity (Wildman–Crippen MR) is 124 cm³/mol. The molecule has 0 radical (unpaired) electrons. The van der Waals surface area contributed by atoms with E-state index in [0.717, 1.165) is 16.5 Å². The Labute approximate surface area is 187 Å². The van der Waals surface area contributed by atoms with Crippen LogP contribution < -0.4 is 10.9 Å². The number of nitrogens with one attached hydrogen (secondary N) is 1. The van der Waals surface area contributed by atoms with Gasteiger partial charge in [-0.1, -0.05) is 30.3 Å². The lowest BCUT2D eigenvalue weighted by molar-refractivity contribution is -0.141. The fourth-order valence-electron chi connectivity index (χ4n) is 3.70. The highest BCUT2D eigenvalue weighted by Gasteiger charge is 2.22. The van der Waals surface area contributed by atoms with Crippen molar-refractivity contribution in [3.63, 3.8) is 0 Å². The molecule has 4 rings (SSSR count). The molecule has 8 heteroatoms. The molecule has 0 saturated carbocycles. The number of aliphatic carboxylic acids is 1. The number of furan rings is 1. The fraction of sp³-hybridized carbons (Fsp3) is 0.208. The highest BCUT2D eigenvalue weighted by molar-refractivity contribution is 7.98. The summed E-state index contributed by atoms with van der Waals surface area (Å²) in [4.78, 5) is 36.4. The number of hydrogen-bond donors (Lipinski definition) is 2. The highest BCUT2D eigenvalue weighted by Crippen LogP contribution is 2.34. The minimum Gasteiger partial charge on any atom is -0.480 e. The SMILES string of the molecule is CSC[C@H](NC(=O)Cc1c(C)c2cc3c(-c4ccccc4)coc3cc2oc1=O)C(=O)O. The smallest absolute Gasteiger partial charge is 0.340 e. The van der Waals surface area contributed by atoms with Crippen molar-refractivity contribution in [3.05, 3.63) is 70.3 Å². The van der Waals surface area contributed by atoms with Crippen molar-refractivity contribution in [2.75, 3.05) is 12.0 Å². The molecular weight excluding hydrogens is 430 g/mol. The van der Waals surface area contributed by atoms with Crippen molar-refractivity contribution in [1.82, 2.24) is 5.32 Å². The summed E-state index contributed by atoms with van der Waals surface area (Å²) in [7, 11) is 0. The summed E-state index contributed by atoms with van der Waals surface area (Å²) in [6.45, 7) is 1.76. The van der Waals surface area contributed by atoms with Crippen LogP contribution in [-0.2, 0) is 16.0 Å². The molecule has 2 heterocycles. The molecular formula is C24H21NO6S. The summed E-state index contributed by atoms with van der Waals surface area (Å²) in [5, 5.41) is 13.3. The molecule has 0 saturated heterocycles. The first kappa shape index (κ1) is 21.7. The molecule has 7 nitrogen and oxygen atoms in total. The van der Waals surface area contributed by atoms with Crippen LogP contribution in [0.15, 0.2) is 62.4 Å². The van der Waals surface area contributed by atoms with E-state index in [1.54, 1.807) is 25.5 Å². The third kappa shape index (κ3) is 4.13. The van der Waals surface area contributed by atoms with Crippen molar-refractivity contribution in [1.29, 1.82) is 0 Å². The summed E-state index contributed by atoms with van der Waals surface area (Å²) in [5.41, 5.74) is 3.05. The largest absolute Gasteiger partial charge is 0.480 e. The van der Waals surface area contributed by atoms with Gasteiger partial charge in [0.1, 0.15) is 17.2 Å². The second-order valence-electron chi connectivity index (χ2n) is 7.44. The Hall–Kier alpha value is -3.52. The lowest BCUT2D eigenvalue weighted by Crippen LogP contribution is -2.43. The van der Waals surface area contributed by atoms with Gasteiger partial charge in [-0.25, -0.2) is 9.59 Å². The number of thioether (sulfide) groups is 1. The molecule has 0 fully saturated rings. The zero-order valence-corrected chi connectivity index (χ0v) is 18.3. The molecule has 2 aromatic carbocycles. The van der Waals surface area contributed by atoms with E-state index in [4.69, 9.17) is 8.83 Å². The molecule has 0 aliphatic heterocycles. The van der Waals surface area contributed by atoms with Crippen LogP contribution in [0.5, 0.6) is 0 Å². The first-order valence-electron chi connectivity index (χ1n) is 9.93. The summed E-state index contributed by atoms with van der Waals surface area (Å²) in [6, 6.07) is 12.3. The highest BCUT2D eigenvalue weighted by atomic mass is 32.2. The van der Waals surface area contributed by atoms with Gasteiger partial charge in [-0.2, -0.15) is 11.8 Å². The molecule has 1 amide bonds. The van der Waals surface area contributed by atoms with E-state index in [-0.39, 0.29) is 17.7 Å². The zero-order valence-electron chi connectivity index (χ0n) is 17.5. The number of fused-ring (bicyclic) bond motifs is 2. The minimum absolute atomic E-state index is 0.201. The Morgan fingerprint density at radius 2 is 1.88 bits per heavy atom. The summed E-state index contributed by atoms with van der Waals surface area (Å²) in [6.07, 6.45) is 3.15. The summed E-state index contributed by atoms with van der Waals surface area (Å²) in [5.74, 6) is -1.44. The van der Waals surface area contributed by atoms with Crippen molar-refractivity contribution < 1.29 is 23.5 Å². The number of amides is 1. The van der Waals surface area contributed by atoms with Crippen molar-refractivity contribution >= 4 is 45.6 Å². The van der Waals surface area contributed by atoms with Crippen LogP contribution in [0, 0.1) is 6.92 Å². The van der Waals surface area contributed by atoms with E-state index in [2.05, 4.69) is 5.32 Å². The van der Waals surface area contributed by atoms with Crippen LogP contribution in [0.1, 0.15) is 11.1 Å². The maximum absolute atomic E-state index is 12.6. The number of rotatable bonds is 7. The van der Waals surface area contributed by atoms with Gasteiger partial charge in [0.2, 0.25) is 5.91 Å². The Morgan fingerprint density at radius 1 is 1.12 bits per heavy atom. The number of benzene rings is 2. The van der Waals surface area contributed by atoms with E-state index in [9.17, 15) is 19.5 Å². The summed E-state index contributed by atoms with van der Waals surface area (Å²) < 4.78 is 11.2. The molecule has 0 unspecified atom stereocenters. The molecule has 1 atom stereocenters. The molecule has 0 aliphatic carbocycles. The summed E-state index contributed by atoms with van der Waals surface area (Å²) >= 11 is 1.31. The van der Waals surface area contributed by atoms with Gasteiger partial charge in [0.25, 0.3) is 0 Å². The zero-order chi connectivity index (χ0) is 22.8. The molecule has 4 aromatic rings. The quantitative estimate of drug-likeness (QED) is 0.409. The number of carbonyl (C=O) groups excluding carboxylic acids is 1. The van der Waals surface area contributed by atoms with Gasteiger partial charge in [0, 0.05) is 28.2 Å². The van der Waals surface area contributed by atoms with Gasteiger partial charge in [0.15, 0.2) is 0 Å². The first-order chi connectivity index (χ1) is 15.4. The van der Waals surface area contributed by atoms with Crippen LogP contribution in [0.25, 0.3) is 33.1 Å². The molecule has 0 aliphatic rings. The topological polar surface area (TPSA) is 110 Å². The van der Waals surface area contributed by atoms with Gasteiger partial charge in [0.05, 0.1) is 18.2 Å². The van der Waals surface area contributed by atoms with E-state index < -0.39 is 23.5 Å². The standard InChI is InChI=1S/C24H21NO6S/c1-13-15-8-17-18(14-6-4-3-5-7-14)11-30-20(17)10-21(15)31-24(29)16(13)9-22(26)25-19(12-32-2)23(27)28/h3-8,10-11,19H,9,12H2,1-2H3,(H,25,26)(H,27,28)/t19-/m0/s1. The first-order valence-corrected chi connectivity index (χ1v) is 11.3. The maximum atomic E-state index is 12.6. The monoisotopic (exact) mass is 451 g/mol. The number of carboxylic acid groups (broad SMARTS) is 1. The maximum Gasteiger partial charge on any atom is 0.340 e. The van der Waals surface area contributed by atoms with Gasteiger partial charge in [-0.05, 0) is 30.4 Å². The Balaban J connectivity index is 1.74. The number of carboxylic acids is 1. The average molecular weight is 452 g/mol. The Kier molecular flexibility index (Phi) is 6.05.